The Morgan fingerprint density at radius 3 is 2.30 bits per heavy atom. The van der Waals surface area contributed by atoms with Gasteiger partial charge in [-0.1, -0.05) is 60.1 Å². The van der Waals surface area contributed by atoms with Gasteiger partial charge in [0.1, 0.15) is 0 Å². The van der Waals surface area contributed by atoms with Crippen molar-refractivity contribution in [3.8, 4) is 0 Å². The molecule has 6 heteroatoms. The molecule has 0 saturated heterocycles. The Morgan fingerprint density at radius 2 is 1.70 bits per heavy atom. The lowest BCUT2D eigenvalue weighted by Gasteiger charge is -2.15. The van der Waals surface area contributed by atoms with Crippen molar-refractivity contribution in [3.63, 3.8) is 0 Å². The Morgan fingerprint density at radius 1 is 1.09 bits per heavy atom. The van der Waals surface area contributed by atoms with Crippen LogP contribution in [0, 0.1) is 0 Å². The average Bonchev–Trinajstić information content (AvgIpc) is 2.54. The highest BCUT2D eigenvalue weighted by Crippen LogP contribution is 2.19. The Balaban J connectivity index is 0.000000379. The number of nitrogens with zero attached hydrogens (tertiary/aromatic N) is 1. The van der Waals surface area contributed by atoms with E-state index in [-0.39, 0.29) is 0 Å². The summed E-state index contributed by atoms with van der Waals surface area (Å²) in [7, 11) is 2.10. The van der Waals surface area contributed by atoms with Crippen LogP contribution < -0.4 is 0 Å². The van der Waals surface area contributed by atoms with Crippen molar-refractivity contribution in [2.24, 2.45) is 0 Å². The molecule has 0 fully saturated rings. The lowest BCUT2D eigenvalue weighted by molar-refractivity contribution is -0.159. The third-order valence-electron chi connectivity index (χ3n) is 3.01. The second-order valence-electron chi connectivity index (χ2n) is 4.81. The van der Waals surface area contributed by atoms with Gasteiger partial charge < -0.3 is 10.2 Å². The van der Waals surface area contributed by atoms with E-state index in [0.29, 0.717) is 0 Å². The highest BCUT2D eigenvalue weighted by Gasteiger charge is 2.04. The van der Waals surface area contributed by atoms with Crippen LogP contribution >= 0.6 is 11.6 Å². The first-order valence-corrected chi connectivity index (χ1v) is 7.26. The van der Waals surface area contributed by atoms with Gasteiger partial charge in [0.15, 0.2) is 0 Å². The molecule has 0 aromatic heterocycles. The Bertz CT molecular complexity index is 683. The molecule has 2 N–H and O–H groups in total. The predicted octanol–water partition coefficient (Wildman–Crippen LogP) is 3.18. The fourth-order valence-electron chi connectivity index (χ4n) is 2.01. The van der Waals surface area contributed by atoms with E-state index in [1.165, 1.54) is 16.3 Å². The topological polar surface area (TPSA) is 77.8 Å². The SMILES string of the molecule is CN(CC=CCl)Cc1cccc2ccccc12.O=C(O)C(=O)O. The minimum absolute atomic E-state index is 0.868. The molecule has 0 bridgehead atoms. The normalized spacial score (nSPS) is 10.6. The summed E-state index contributed by atoms with van der Waals surface area (Å²) in [6.07, 6.45) is 1.95. The fourth-order valence-corrected chi connectivity index (χ4v) is 2.09. The van der Waals surface area contributed by atoms with Gasteiger partial charge in [0.25, 0.3) is 0 Å². The molecule has 2 aromatic rings. The number of carboxylic acids is 2. The number of carboxylic acid groups (broad SMARTS) is 2. The summed E-state index contributed by atoms with van der Waals surface area (Å²) in [5.41, 5.74) is 2.92. The number of fused-ring (bicyclic) bond motifs is 1. The number of likely N-dealkylation sites (N-methyl/N-ethyl adjacent to an activating group) is 1. The Kier molecular flexibility index (Phi) is 7.80. The quantitative estimate of drug-likeness (QED) is 0.839. The molecule has 0 heterocycles. The van der Waals surface area contributed by atoms with Crippen LogP contribution in [-0.4, -0.2) is 40.6 Å². The first-order chi connectivity index (χ1) is 11.0. The van der Waals surface area contributed by atoms with Crippen LogP contribution in [0.15, 0.2) is 54.1 Å². The van der Waals surface area contributed by atoms with Crippen LogP contribution in [-0.2, 0) is 16.1 Å². The minimum atomic E-state index is -1.82. The summed E-state index contributed by atoms with van der Waals surface area (Å²) >= 11 is 5.54. The number of rotatable bonds is 4. The van der Waals surface area contributed by atoms with E-state index in [4.69, 9.17) is 31.4 Å². The molecule has 0 unspecified atom stereocenters. The molecule has 0 atom stereocenters. The highest BCUT2D eigenvalue weighted by atomic mass is 35.5. The van der Waals surface area contributed by atoms with Gasteiger partial charge in [-0.15, -0.1) is 0 Å². The van der Waals surface area contributed by atoms with Crippen molar-refractivity contribution in [3.05, 3.63) is 59.6 Å². The molecule has 0 aliphatic heterocycles. The highest BCUT2D eigenvalue weighted by molar-refractivity contribution is 6.27. The van der Waals surface area contributed by atoms with Crippen molar-refractivity contribution in [1.29, 1.82) is 0 Å². The van der Waals surface area contributed by atoms with Crippen LogP contribution in [0.5, 0.6) is 0 Å². The van der Waals surface area contributed by atoms with Gasteiger partial charge in [0.2, 0.25) is 0 Å². The van der Waals surface area contributed by atoms with Gasteiger partial charge in [0, 0.05) is 18.6 Å². The molecule has 0 amide bonds. The van der Waals surface area contributed by atoms with Crippen LogP contribution in [0.4, 0.5) is 0 Å². The molecular weight excluding hydrogens is 318 g/mol. The summed E-state index contributed by atoms with van der Waals surface area (Å²) in [6, 6.07) is 14.9. The molecule has 0 spiro atoms. The lowest BCUT2D eigenvalue weighted by Crippen LogP contribution is -2.17. The van der Waals surface area contributed by atoms with Gasteiger partial charge >= 0.3 is 11.9 Å². The molecule has 0 saturated carbocycles. The van der Waals surface area contributed by atoms with E-state index in [1.807, 2.05) is 6.08 Å². The monoisotopic (exact) mass is 335 g/mol. The molecule has 23 heavy (non-hydrogen) atoms. The van der Waals surface area contributed by atoms with Crippen LogP contribution in [0.2, 0.25) is 0 Å². The van der Waals surface area contributed by atoms with Crippen molar-refractivity contribution in [1.82, 2.24) is 4.90 Å². The Hall–Kier alpha value is -2.37. The average molecular weight is 336 g/mol. The summed E-state index contributed by atoms with van der Waals surface area (Å²) in [6.45, 7) is 1.80. The van der Waals surface area contributed by atoms with E-state index >= 15 is 0 Å². The van der Waals surface area contributed by atoms with Crippen LogP contribution in [0.25, 0.3) is 10.8 Å². The zero-order valence-electron chi connectivity index (χ0n) is 12.6. The molecular formula is C17H18ClNO4. The van der Waals surface area contributed by atoms with Crippen LogP contribution in [0.3, 0.4) is 0 Å². The van der Waals surface area contributed by atoms with E-state index < -0.39 is 11.9 Å². The van der Waals surface area contributed by atoms with Gasteiger partial charge in [-0.25, -0.2) is 9.59 Å². The van der Waals surface area contributed by atoms with Crippen molar-refractivity contribution < 1.29 is 19.8 Å². The summed E-state index contributed by atoms with van der Waals surface area (Å²) in [5, 5.41) is 17.4. The maximum absolute atomic E-state index is 9.10. The number of hydrogen-bond donors (Lipinski definition) is 2. The minimum Gasteiger partial charge on any atom is -0.473 e. The Labute approximate surface area is 139 Å². The number of benzene rings is 2. The van der Waals surface area contributed by atoms with E-state index in [0.717, 1.165) is 13.1 Å². The van der Waals surface area contributed by atoms with Gasteiger partial charge in [-0.05, 0) is 23.4 Å². The third kappa shape index (κ3) is 6.50. The smallest absolute Gasteiger partial charge is 0.414 e. The van der Waals surface area contributed by atoms with E-state index in [9.17, 15) is 0 Å². The summed E-state index contributed by atoms with van der Waals surface area (Å²) in [5.74, 6) is -3.65. The van der Waals surface area contributed by atoms with Crippen LogP contribution in [0.1, 0.15) is 5.56 Å². The number of hydrogen-bond acceptors (Lipinski definition) is 3. The summed E-state index contributed by atoms with van der Waals surface area (Å²) < 4.78 is 0. The molecule has 5 nitrogen and oxygen atoms in total. The maximum Gasteiger partial charge on any atom is 0.414 e. The molecule has 0 aliphatic carbocycles. The molecule has 122 valence electrons. The first-order valence-electron chi connectivity index (χ1n) is 6.82. The lowest BCUT2D eigenvalue weighted by atomic mass is 10.0. The second-order valence-corrected chi connectivity index (χ2v) is 5.06. The van der Waals surface area contributed by atoms with Crippen molar-refractivity contribution in [2.45, 2.75) is 6.54 Å². The zero-order chi connectivity index (χ0) is 17.2. The molecule has 0 aliphatic rings. The molecule has 2 rings (SSSR count). The van der Waals surface area contributed by atoms with Crippen molar-refractivity contribution >= 4 is 34.3 Å². The predicted molar refractivity (Wildman–Crippen MR) is 90.5 cm³/mol. The van der Waals surface area contributed by atoms with Gasteiger partial charge in [-0.2, -0.15) is 0 Å². The molecule has 0 radical (unpaired) electrons. The maximum atomic E-state index is 9.10. The summed E-state index contributed by atoms with van der Waals surface area (Å²) in [4.78, 5) is 20.4. The van der Waals surface area contributed by atoms with Gasteiger partial charge in [-0.3, -0.25) is 4.90 Å². The number of aliphatic carboxylic acids is 2. The standard InChI is InChI=1S/C15H16ClN.C2H2O4/c1-17(11-5-10-16)12-14-8-4-7-13-6-2-3-9-15(13)14;3-1(4)2(5)6/h2-10H,11-12H2,1H3;(H,3,4)(H,5,6). The largest absolute Gasteiger partial charge is 0.473 e. The number of halogens is 1. The molecule has 2 aromatic carbocycles. The van der Waals surface area contributed by atoms with Crippen molar-refractivity contribution in [2.75, 3.05) is 13.6 Å². The first kappa shape index (κ1) is 18.7. The van der Waals surface area contributed by atoms with E-state index in [1.54, 1.807) is 5.54 Å². The second kappa shape index (κ2) is 9.61. The fraction of sp³-hybridized carbons (Fsp3) is 0.176. The third-order valence-corrected chi connectivity index (χ3v) is 3.19. The zero-order valence-corrected chi connectivity index (χ0v) is 13.4. The van der Waals surface area contributed by atoms with Gasteiger partial charge in [0.05, 0.1) is 0 Å². The van der Waals surface area contributed by atoms with E-state index in [2.05, 4.69) is 54.4 Å². The number of carbonyl (C=O) groups is 2.